The molecule has 6 nitrogen and oxygen atoms in total. The number of amides is 2. The largest absolute Gasteiger partial charge is 0.497 e. The molecule has 3 aromatic rings. The van der Waals surface area contributed by atoms with Gasteiger partial charge in [-0.1, -0.05) is 31.9 Å². The Morgan fingerprint density at radius 1 is 1.03 bits per heavy atom. The molecule has 184 valence electrons. The van der Waals surface area contributed by atoms with Crippen molar-refractivity contribution in [3.8, 4) is 5.75 Å². The molecule has 0 bridgehead atoms. The van der Waals surface area contributed by atoms with Crippen LogP contribution < -0.4 is 15.0 Å². The molecule has 0 fully saturated rings. The first kappa shape index (κ1) is 25.9. The zero-order chi connectivity index (χ0) is 25.2. The van der Waals surface area contributed by atoms with Crippen molar-refractivity contribution in [2.75, 3.05) is 18.6 Å². The lowest BCUT2D eigenvalue weighted by molar-refractivity contribution is 0.0933. The summed E-state index contributed by atoms with van der Waals surface area (Å²) < 4.78 is 5.34. The van der Waals surface area contributed by atoms with Gasteiger partial charge >= 0.3 is 0 Å². The van der Waals surface area contributed by atoms with Gasteiger partial charge in [-0.05, 0) is 80.8 Å². The number of nitrogens with one attached hydrogen (secondary N) is 1. The molecule has 6 heteroatoms. The van der Waals surface area contributed by atoms with Crippen molar-refractivity contribution < 1.29 is 14.3 Å². The molecule has 3 rings (SSSR count). The Hall–Kier alpha value is -3.67. The second-order valence-electron chi connectivity index (χ2n) is 8.65. The van der Waals surface area contributed by atoms with Crippen LogP contribution in [0, 0.1) is 6.92 Å². The molecule has 35 heavy (non-hydrogen) atoms. The molecule has 0 saturated heterocycles. The van der Waals surface area contributed by atoms with E-state index in [4.69, 9.17) is 4.74 Å². The van der Waals surface area contributed by atoms with Crippen LogP contribution in [-0.4, -0.2) is 36.5 Å². The summed E-state index contributed by atoms with van der Waals surface area (Å²) in [5.74, 6) is 0.614. The van der Waals surface area contributed by atoms with Crippen LogP contribution in [0.1, 0.15) is 65.1 Å². The van der Waals surface area contributed by atoms with E-state index in [2.05, 4.69) is 23.3 Å². The van der Waals surface area contributed by atoms with Crippen LogP contribution in [0.4, 0.5) is 5.69 Å². The predicted octanol–water partition coefficient (Wildman–Crippen LogP) is 5.60. The van der Waals surface area contributed by atoms with E-state index in [9.17, 15) is 9.59 Å². The first-order valence-electron chi connectivity index (χ1n) is 12.2. The number of rotatable bonds is 11. The molecule has 0 unspecified atom stereocenters. The number of aromatic nitrogens is 1. The Balaban J connectivity index is 1.71. The Morgan fingerprint density at radius 2 is 1.80 bits per heavy atom. The van der Waals surface area contributed by atoms with E-state index in [1.54, 1.807) is 42.5 Å². The molecule has 0 saturated carbocycles. The van der Waals surface area contributed by atoms with E-state index in [1.165, 1.54) is 0 Å². The number of anilines is 1. The number of carbonyl (C=O) groups is 2. The minimum absolute atomic E-state index is 0.0258. The summed E-state index contributed by atoms with van der Waals surface area (Å²) in [5.41, 5.74) is 3.85. The molecule has 1 aromatic heterocycles. The summed E-state index contributed by atoms with van der Waals surface area (Å²) in [6, 6.07) is 18.7. The van der Waals surface area contributed by atoms with E-state index in [0.29, 0.717) is 17.7 Å². The van der Waals surface area contributed by atoms with Gasteiger partial charge in [0, 0.05) is 41.3 Å². The standard InChI is InChI=1S/C29H35N3O3/c1-5-7-10-25(19-22-9-8-11-27(20-22)35-4)31-28(33)23-12-14-26(15-13-23)32(6-2)29(34)24-16-17-30-21(3)18-24/h8-9,11-18,20,25H,5-7,10,19H2,1-4H3,(H,31,33)/t25-/m0/s1. The van der Waals surface area contributed by atoms with Gasteiger partial charge < -0.3 is 15.0 Å². The highest BCUT2D eigenvalue weighted by Gasteiger charge is 2.18. The topological polar surface area (TPSA) is 71.5 Å². The van der Waals surface area contributed by atoms with E-state index in [0.717, 1.165) is 48.4 Å². The van der Waals surface area contributed by atoms with Gasteiger partial charge in [0.1, 0.15) is 5.75 Å². The summed E-state index contributed by atoms with van der Waals surface area (Å²) in [4.78, 5) is 31.9. The van der Waals surface area contributed by atoms with Gasteiger partial charge in [-0.25, -0.2) is 0 Å². The molecular formula is C29H35N3O3. The molecule has 1 heterocycles. The number of benzene rings is 2. The Labute approximate surface area is 208 Å². The maximum atomic E-state index is 13.1. The maximum Gasteiger partial charge on any atom is 0.258 e. The zero-order valence-corrected chi connectivity index (χ0v) is 21.1. The zero-order valence-electron chi connectivity index (χ0n) is 21.1. The summed E-state index contributed by atoms with van der Waals surface area (Å²) in [5, 5.41) is 3.20. The summed E-state index contributed by atoms with van der Waals surface area (Å²) >= 11 is 0. The van der Waals surface area contributed by atoms with Crippen molar-refractivity contribution in [2.24, 2.45) is 0 Å². The molecular weight excluding hydrogens is 438 g/mol. The number of nitrogens with zero attached hydrogens (tertiary/aromatic N) is 2. The van der Waals surface area contributed by atoms with Crippen LogP contribution in [0.25, 0.3) is 0 Å². The van der Waals surface area contributed by atoms with Crippen molar-refractivity contribution >= 4 is 17.5 Å². The highest BCUT2D eigenvalue weighted by atomic mass is 16.5. The van der Waals surface area contributed by atoms with Crippen molar-refractivity contribution in [3.05, 3.63) is 89.2 Å². The number of methoxy groups -OCH3 is 1. The minimum Gasteiger partial charge on any atom is -0.497 e. The molecule has 0 aliphatic heterocycles. The van der Waals surface area contributed by atoms with Crippen LogP contribution in [0.2, 0.25) is 0 Å². The number of aryl methyl sites for hydroxylation is 1. The number of hydrogen-bond donors (Lipinski definition) is 1. The van der Waals surface area contributed by atoms with Gasteiger partial charge in [-0.2, -0.15) is 0 Å². The Bertz CT molecular complexity index is 1130. The third-order valence-electron chi connectivity index (χ3n) is 6.00. The lowest BCUT2D eigenvalue weighted by atomic mass is 10.00. The predicted molar refractivity (Wildman–Crippen MR) is 140 cm³/mol. The lowest BCUT2D eigenvalue weighted by Gasteiger charge is -2.22. The van der Waals surface area contributed by atoms with Crippen molar-refractivity contribution in [1.29, 1.82) is 0 Å². The third kappa shape index (κ3) is 7.15. The fraction of sp³-hybridized carbons (Fsp3) is 0.345. The monoisotopic (exact) mass is 473 g/mol. The molecule has 1 N–H and O–H groups in total. The average molecular weight is 474 g/mol. The molecule has 2 amide bonds. The minimum atomic E-state index is -0.111. The number of unbranched alkanes of at least 4 members (excludes halogenated alkanes) is 1. The van der Waals surface area contributed by atoms with Gasteiger partial charge in [0.15, 0.2) is 0 Å². The third-order valence-corrected chi connectivity index (χ3v) is 6.00. The Kier molecular flexibility index (Phi) is 9.41. The van der Waals surface area contributed by atoms with Crippen molar-refractivity contribution in [3.63, 3.8) is 0 Å². The van der Waals surface area contributed by atoms with Gasteiger partial charge in [0.2, 0.25) is 0 Å². The van der Waals surface area contributed by atoms with Gasteiger partial charge in [0.25, 0.3) is 11.8 Å². The Morgan fingerprint density at radius 3 is 2.46 bits per heavy atom. The number of ether oxygens (including phenoxy) is 1. The summed E-state index contributed by atoms with van der Waals surface area (Å²) in [6.45, 7) is 6.47. The normalized spacial score (nSPS) is 11.5. The van der Waals surface area contributed by atoms with Gasteiger partial charge in [-0.3, -0.25) is 14.6 Å². The number of carbonyl (C=O) groups excluding carboxylic acids is 2. The molecule has 0 radical (unpaired) electrons. The maximum absolute atomic E-state index is 13.1. The highest BCUT2D eigenvalue weighted by molar-refractivity contribution is 6.06. The number of pyridine rings is 1. The number of hydrogen-bond acceptors (Lipinski definition) is 4. The first-order chi connectivity index (χ1) is 16.9. The molecule has 0 spiro atoms. The lowest BCUT2D eigenvalue weighted by Crippen LogP contribution is -2.36. The van der Waals surface area contributed by atoms with Crippen LogP contribution in [0.3, 0.4) is 0 Å². The fourth-order valence-electron chi connectivity index (χ4n) is 4.10. The van der Waals surface area contributed by atoms with Crippen LogP contribution in [0.15, 0.2) is 66.9 Å². The van der Waals surface area contributed by atoms with Crippen LogP contribution >= 0.6 is 0 Å². The van der Waals surface area contributed by atoms with Crippen LogP contribution in [-0.2, 0) is 6.42 Å². The summed E-state index contributed by atoms with van der Waals surface area (Å²) in [7, 11) is 1.66. The van der Waals surface area contributed by atoms with Crippen LogP contribution in [0.5, 0.6) is 5.75 Å². The highest BCUT2D eigenvalue weighted by Crippen LogP contribution is 2.20. The summed E-state index contributed by atoms with van der Waals surface area (Å²) in [6.07, 6.45) is 5.39. The molecule has 0 aliphatic carbocycles. The van der Waals surface area contributed by atoms with Crippen molar-refractivity contribution in [1.82, 2.24) is 10.3 Å². The molecule has 2 aromatic carbocycles. The van der Waals surface area contributed by atoms with E-state index < -0.39 is 0 Å². The van der Waals surface area contributed by atoms with Gasteiger partial charge in [0.05, 0.1) is 7.11 Å². The first-order valence-corrected chi connectivity index (χ1v) is 12.2. The fourth-order valence-corrected chi connectivity index (χ4v) is 4.10. The second-order valence-corrected chi connectivity index (χ2v) is 8.65. The SMILES string of the molecule is CCCC[C@@H](Cc1cccc(OC)c1)NC(=O)c1ccc(N(CC)C(=O)c2ccnc(C)c2)cc1. The molecule has 1 atom stereocenters. The average Bonchev–Trinajstić information content (AvgIpc) is 2.88. The van der Waals surface area contributed by atoms with E-state index in [-0.39, 0.29) is 17.9 Å². The second kappa shape index (κ2) is 12.7. The smallest absolute Gasteiger partial charge is 0.258 e. The van der Waals surface area contributed by atoms with Gasteiger partial charge in [-0.15, -0.1) is 0 Å². The molecule has 0 aliphatic rings. The quantitative estimate of drug-likeness (QED) is 0.394. The van der Waals surface area contributed by atoms with Crippen molar-refractivity contribution in [2.45, 2.75) is 52.5 Å². The van der Waals surface area contributed by atoms with E-state index >= 15 is 0 Å². The van der Waals surface area contributed by atoms with E-state index in [1.807, 2.05) is 44.2 Å².